The average molecular weight is 338 g/mol. The SMILES string of the molecule is C=C1CC[C@@]2(C[C@@H](O)C(=O)OC)C[C@@H]1[C@](C)([C@H](O)CC=C(C)C)O2. The highest BCUT2D eigenvalue weighted by Gasteiger charge is 2.59. The lowest BCUT2D eigenvalue weighted by molar-refractivity contribution is -0.171. The normalized spacial score (nSPS) is 34.6. The smallest absolute Gasteiger partial charge is 0.334 e. The molecule has 136 valence electrons. The number of fused-ring (bicyclic) bond motifs is 2. The second-order valence-electron chi connectivity index (χ2n) is 7.66. The van der Waals surface area contributed by atoms with Gasteiger partial charge in [0, 0.05) is 12.3 Å². The van der Waals surface area contributed by atoms with Crippen molar-refractivity contribution in [1.82, 2.24) is 0 Å². The minimum absolute atomic E-state index is 0.0247. The van der Waals surface area contributed by atoms with Crippen molar-refractivity contribution in [2.75, 3.05) is 7.11 Å². The maximum absolute atomic E-state index is 11.6. The number of rotatable bonds is 6. The van der Waals surface area contributed by atoms with Crippen LogP contribution in [-0.2, 0) is 14.3 Å². The number of carbonyl (C=O) groups is 1. The van der Waals surface area contributed by atoms with Gasteiger partial charge in [-0.25, -0.2) is 4.79 Å². The zero-order chi connectivity index (χ0) is 18.1. The first-order valence-corrected chi connectivity index (χ1v) is 8.59. The number of aliphatic hydroxyl groups is 2. The summed E-state index contributed by atoms with van der Waals surface area (Å²) in [5, 5.41) is 20.8. The Morgan fingerprint density at radius 1 is 1.50 bits per heavy atom. The Balaban J connectivity index is 2.22. The molecule has 0 amide bonds. The van der Waals surface area contributed by atoms with Crippen LogP contribution in [0.25, 0.3) is 0 Å². The van der Waals surface area contributed by atoms with Gasteiger partial charge >= 0.3 is 5.97 Å². The Hall–Kier alpha value is -1.17. The van der Waals surface area contributed by atoms with Crippen molar-refractivity contribution in [2.24, 2.45) is 5.92 Å². The van der Waals surface area contributed by atoms with Crippen LogP contribution in [0.2, 0.25) is 0 Å². The predicted molar refractivity (Wildman–Crippen MR) is 91.4 cm³/mol. The van der Waals surface area contributed by atoms with Crippen molar-refractivity contribution in [2.45, 2.75) is 76.3 Å². The Bertz CT molecular complexity index is 536. The van der Waals surface area contributed by atoms with Gasteiger partial charge in [-0.2, -0.15) is 0 Å². The van der Waals surface area contributed by atoms with Crippen molar-refractivity contribution in [3.63, 3.8) is 0 Å². The van der Waals surface area contributed by atoms with Crippen molar-refractivity contribution in [1.29, 1.82) is 0 Å². The molecule has 2 rings (SSSR count). The molecule has 0 unspecified atom stereocenters. The molecule has 0 aromatic rings. The summed E-state index contributed by atoms with van der Waals surface area (Å²) in [5.41, 5.74) is 0.859. The summed E-state index contributed by atoms with van der Waals surface area (Å²) < 4.78 is 11.0. The minimum atomic E-state index is -1.21. The molecule has 2 N–H and O–H groups in total. The highest BCUT2D eigenvalue weighted by molar-refractivity contribution is 5.74. The van der Waals surface area contributed by atoms with E-state index in [1.807, 2.05) is 26.8 Å². The Morgan fingerprint density at radius 3 is 2.75 bits per heavy atom. The monoisotopic (exact) mass is 338 g/mol. The third kappa shape index (κ3) is 3.58. The molecule has 5 nitrogen and oxygen atoms in total. The molecule has 1 aliphatic carbocycles. The van der Waals surface area contributed by atoms with E-state index in [0.717, 1.165) is 17.6 Å². The molecule has 2 aliphatic rings. The van der Waals surface area contributed by atoms with Crippen LogP contribution in [-0.4, -0.2) is 46.7 Å². The second kappa shape index (κ2) is 6.98. The van der Waals surface area contributed by atoms with Crippen LogP contribution in [0.15, 0.2) is 23.8 Å². The number of hydrogen-bond donors (Lipinski definition) is 2. The van der Waals surface area contributed by atoms with Gasteiger partial charge in [-0.1, -0.05) is 23.8 Å². The van der Waals surface area contributed by atoms with E-state index in [1.165, 1.54) is 7.11 Å². The fraction of sp³-hybridized carbons (Fsp3) is 0.737. The number of methoxy groups -OCH3 is 1. The fourth-order valence-corrected chi connectivity index (χ4v) is 4.10. The summed E-state index contributed by atoms with van der Waals surface area (Å²) >= 11 is 0. The number of ether oxygens (including phenoxy) is 2. The topological polar surface area (TPSA) is 76.0 Å². The molecule has 1 saturated heterocycles. The molecule has 0 radical (unpaired) electrons. The number of esters is 1. The quantitative estimate of drug-likeness (QED) is 0.575. The summed E-state index contributed by atoms with van der Waals surface area (Å²) in [6.07, 6.45) is 2.98. The highest BCUT2D eigenvalue weighted by atomic mass is 16.6. The first-order valence-electron chi connectivity index (χ1n) is 8.59. The zero-order valence-corrected chi connectivity index (χ0v) is 15.2. The van der Waals surface area contributed by atoms with Gasteiger partial charge < -0.3 is 19.7 Å². The second-order valence-corrected chi connectivity index (χ2v) is 7.66. The van der Waals surface area contributed by atoms with E-state index in [9.17, 15) is 15.0 Å². The van der Waals surface area contributed by atoms with Crippen LogP contribution in [0.3, 0.4) is 0 Å². The van der Waals surface area contributed by atoms with E-state index < -0.39 is 29.4 Å². The van der Waals surface area contributed by atoms with Gasteiger partial charge in [0.2, 0.25) is 0 Å². The summed E-state index contributed by atoms with van der Waals surface area (Å²) in [5.74, 6) is -0.621. The van der Waals surface area contributed by atoms with Crippen LogP contribution >= 0.6 is 0 Å². The van der Waals surface area contributed by atoms with Crippen LogP contribution in [0.1, 0.15) is 52.9 Å². The first-order chi connectivity index (χ1) is 11.1. The van der Waals surface area contributed by atoms with E-state index >= 15 is 0 Å². The molecule has 5 atom stereocenters. The lowest BCUT2D eigenvalue weighted by atomic mass is 9.70. The Kier molecular flexibility index (Phi) is 5.57. The first kappa shape index (κ1) is 19.2. The lowest BCUT2D eigenvalue weighted by Crippen LogP contribution is -2.45. The van der Waals surface area contributed by atoms with Crippen molar-refractivity contribution >= 4 is 5.97 Å². The molecule has 1 saturated carbocycles. The fourth-order valence-electron chi connectivity index (χ4n) is 4.10. The zero-order valence-electron chi connectivity index (χ0n) is 15.2. The van der Waals surface area contributed by atoms with Gasteiger partial charge in [-0.15, -0.1) is 0 Å². The van der Waals surface area contributed by atoms with E-state index in [2.05, 4.69) is 11.3 Å². The molecule has 2 bridgehead atoms. The summed E-state index contributed by atoms with van der Waals surface area (Å²) in [6, 6.07) is 0. The summed E-state index contributed by atoms with van der Waals surface area (Å²) in [6.45, 7) is 10.1. The Labute approximate surface area is 144 Å². The van der Waals surface area contributed by atoms with Gasteiger partial charge in [0.05, 0.1) is 24.4 Å². The van der Waals surface area contributed by atoms with E-state index in [1.54, 1.807) is 0 Å². The third-order valence-electron chi connectivity index (χ3n) is 5.55. The number of aliphatic hydroxyl groups excluding tert-OH is 2. The van der Waals surface area contributed by atoms with Gasteiger partial charge in [0.25, 0.3) is 0 Å². The van der Waals surface area contributed by atoms with Crippen LogP contribution in [0, 0.1) is 5.92 Å². The Morgan fingerprint density at radius 2 is 2.17 bits per heavy atom. The number of carbonyl (C=O) groups excluding carboxylic acids is 1. The molecular formula is C19H30O5. The number of allylic oxidation sites excluding steroid dienone is 1. The van der Waals surface area contributed by atoms with Gasteiger partial charge in [0.1, 0.15) is 0 Å². The van der Waals surface area contributed by atoms with Crippen LogP contribution in [0.5, 0.6) is 0 Å². The molecule has 5 heteroatoms. The molecule has 1 heterocycles. The maximum atomic E-state index is 11.6. The summed E-state index contributed by atoms with van der Waals surface area (Å²) in [7, 11) is 1.26. The van der Waals surface area contributed by atoms with E-state index in [0.29, 0.717) is 19.3 Å². The van der Waals surface area contributed by atoms with Crippen molar-refractivity contribution < 1.29 is 24.5 Å². The molecule has 2 fully saturated rings. The molecule has 0 spiro atoms. The molecule has 1 aliphatic heterocycles. The van der Waals surface area contributed by atoms with E-state index in [-0.39, 0.29) is 12.3 Å². The third-order valence-corrected chi connectivity index (χ3v) is 5.55. The molecular weight excluding hydrogens is 308 g/mol. The predicted octanol–water partition coefficient (Wildman–Crippen LogP) is 2.51. The standard InChI is InChI=1S/C19H30O5/c1-12(2)6-7-16(21)18(4)14-10-19(24-18,9-8-13(14)3)11-15(20)17(22)23-5/h6,14-16,20-21H,3,7-11H2,1-2,4-5H3/t14-,15+,16+,18+,19-/m0/s1. The molecule has 0 aromatic heterocycles. The summed E-state index contributed by atoms with van der Waals surface area (Å²) in [4.78, 5) is 11.6. The number of hydrogen-bond acceptors (Lipinski definition) is 5. The molecule has 0 aromatic carbocycles. The highest BCUT2D eigenvalue weighted by Crippen LogP contribution is 2.56. The van der Waals surface area contributed by atoms with Crippen molar-refractivity contribution in [3.8, 4) is 0 Å². The van der Waals surface area contributed by atoms with Gasteiger partial charge in [-0.05, 0) is 46.5 Å². The maximum Gasteiger partial charge on any atom is 0.334 e. The lowest BCUT2D eigenvalue weighted by Gasteiger charge is -2.36. The molecule has 24 heavy (non-hydrogen) atoms. The van der Waals surface area contributed by atoms with E-state index in [4.69, 9.17) is 4.74 Å². The van der Waals surface area contributed by atoms with Crippen LogP contribution < -0.4 is 0 Å². The largest absolute Gasteiger partial charge is 0.467 e. The minimum Gasteiger partial charge on any atom is -0.467 e. The van der Waals surface area contributed by atoms with Crippen LogP contribution in [0.4, 0.5) is 0 Å². The van der Waals surface area contributed by atoms with Crippen molar-refractivity contribution in [3.05, 3.63) is 23.8 Å². The van der Waals surface area contributed by atoms with Gasteiger partial charge in [0.15, 0.2) is 6.10 Å². The average Bonchev–Trinajstić information content (AvgIpc) is 2.78. The van der Waals surface area contributed by atoms with Gasteiger partial charge in [-0.3, -0.25) is 0 Å².